The third-order valence-electron chi connectivity index (χ3n) is 4.28. The highest BCUT2D eigenvalue weighted by Crippen LogP contribution is 2.08. The molecule has 32 heavy (non-hydrogen) atoms. The van der Waals surface area contributed by atoms with Gasteiger partial charge >= 0.3 is 18.1 Å². The van der Waals surface area contributed by atoms with Crippen LogP contribution >= 0.6 is 0 Å². The first-order valence-corrected chi connectivity index (χ1v) is 10.1. The molecule has 0 aliphatic heterocycles. The molecule has 0 aliphatic carbocycles. The molecule has 3 N–H and O–H groups in total. The van der Waals surface area contributed by atoms with Gasteiger partial charge in [0.1, 0.15) is 13.2 Å². The van der Waals surface area contributed by atoms with E-state index in [9.17, 15) is 19.2 Å². The van der Waals surface area contributed by atoms with Crippen molar-refractivity contribution in [2.24, 2.45) is 11.7 Å². The second kappa shape index (κ2) is 12.2. The van der Waals surface area contributed by atoms with Gasteiger partial charge in [-0.05, 0) is 23.5 Å². The number of hydrazine groups is 1. The Morgan fingerprint density at radius 1 is 0.875 bits per heavy atom. The number of ketones is 1. The first-order chi connectivity index (χ1) is 15.3. The lowest BCUT2D eigenvalue weighted by Crippen LogP contribution is -2.55. The molecule has 9 nitrogen and oxygen atoms in total. The van der Waals surface area contributed by atoms with E-state index < -0.39 is 29.9 Å². The number of benzene rings is 2. The summed E-state index contributed by atoms with van der Waals surface area (Å²) in [6.45, 7) is 3.40. The van der Waals surface area contributed by atoms with Crippen LogP contribution in [0.2, 0.25) is 0 Å². The van der Waals surface area contributed by atoms with Crippen molar-refractivity contribution in [3.63, 3.8) is 0 Å². The number of ether oxygens (including phenoxy) is 2. The highest BCUT2D eigenvalue weighted by atomic mass is 16.6. The van der Waals surface area contributed by atoms with Crippen LogP contribution in [0.5, 0.6) is 0 Å². The summed E-state index contributed by atoms with van der Waals surface area (Å²) in [4.78, 5) is 49.8. The number of amides is 3. The molecule has 0 spiro atoms. The van der Waals surface area contributed by atoms with Crippen LogP contribution in [0.4, 0.5) is 9.59 Å². The van der Waals surface area contributed by atoms with Gasteiger partial charge < -0.3 is 15.2 Å². The predicted octanol–water partition coefficient (Wildman–Crippen LogP) is 2.94. The molecule has 2 rings (SSSR count). The molecule has 170 valence electrons. The van der Waals surface area contributed by atoms with Gasteiger partial charge in [0.25, 0.3) is 0 Å². The van der Waals surface area contributed by atoms with Crippen LogP contribution < -0.4 is 11.2 Å². The van der Waals surface area contributed by atoms with Gasteiger partial charge in [0.15, 0.2) is 0 Å². The van der Waals surface area contributed by atoms with Crippen LogP contribution in [-0.2, 0) is 32.3 Å². The Bertz CT molecular complexity index is 918. The van der Waals surface area contributed by atoms with E-state index in [0.717, 1.165) is 0 Å². The van der Waals surface area contributed by atoms with Crippen LogP contribution in [-0.4, -0.2) is 34.9 Å². The normalized spacial score (nSPS) is 11.4. The quantitative estimate of drug-likeness (QED) is 0.476. The van der Waals surface area contributed by atoms with E-state index in [2.05, 4.69) is 0 Å². The topological polar surface area (TPSA) is 128 Å². The molecule has 0 aliphatic rings. The molecule has 9 heteroatoms. The van der Waals surface area contributed by atoms with E-state index in [-0.39, 0.29) is 30.6 Å². The number of Topliss-reactive ketones (excluding diaryl/α,β-unsaturated/α-hetero) is 1. The average molecular weight is 441 g/mol. The number of carbonyl (C=O) groups excluding carboxylic acids is 4. The summed E-state index contributed by atoms with van der Waals surface area (Å²) in [6, 6.07) is 16.4. The van der Waals surface area contributed by atoms with Crippen molar-refractivity contribution in [2.75, 3.05) is 0 Å². The summed E-state index contributed by atoms with van der Waals surface area (Å²) < 4.78 is 10.1. The van der Waals surface area contributed by atoms with Crippen molar-refractivity contribution in [2.45, 2.75) is 39.5 Å². The summed E-state index contributed by atoms with van der Waals surface area (Å²) in [5, 5.41) is 0.193. The maximum atomic E-state index is 12.7. The molecule has 0 fully saturated rings. The van der Waals surface area contributed by atoms with Gasteiger partial charge in [-0.2, -0.15) is 0 Å². The van der Waals surface area contributed by atoms with E-state index in [4.69, 9.17) is 15.2 Å². The number of rotatable bonds is 8. The van der Waals surface area contributed by atoms with Crippen molar-refractivity contribution in [1.82, 2.24) is 10.4 Å². The van der Waals surface area contributed by atoms with Gasteiger partial charge in [0, 0.05) is 0 Å². The summed E-state index contributed by atoms with van der Waals surface area (Å²) in [5.74, 6) is -2.30. The molecule has 0 saturated heterocycles. The zero-order valence-corrected chi connectivity index (χ0v) is 18.0. The molecular weight excluding hydrogens is 414 g/mol. The summed E-state index contributed by atoms with van der Waals surface area (Å²) >= 11 is 0. The Balaban J connectivity index is 2.07. The van der Waals surface area contributed by atoms with Gasteiger partial charge in [-0.25, -0.2) is 15.0 Å². The van der Waals surface area contributed by atoms with Gasteiger partial charge in [-0.1, -0.05) is 74.5 Å². The largest absolute Gasteiger partial charge is 0.443 e. The number of nitrogens with two attached hydrogens (primary N) is 1. The van der Waals surface area contributed by atoms with Crippen LogP contribution in [0.1, 0.15) is 31.4 Å². The van der Waals surface area contributed by atoms with Crippen molar-refractivity contribution < 1.29 is 28.7 Å². The van der Waals surface area contributed by atoms with Crippen molar-refractivity contribution >= 4 is 23.9 Å². The first-order valence-electron chi connectivity index (χ1n) is 10.1. The van der Waals surface area contributed by atoms with Crippen LogP contribution in [0.25, 0.3) is 0 Å². The van der Waals surface area contributed by atoms with Crippen molar-refractivity contribution in [3.05, 3.63) is 71.8 Å². The minimum atomic E-state index is -1.31. The number of hydrogen-bond donors (Lipinski definition) is 2. The Labute approximate surface area is 186 Å². The fraction of sp³-hybridized carbons (Fsp3) is 0.304. The summed E-state index contributed by atoms with van der Waals surface area (Å²) in [6.07, 6.45) is -2.11. The highest BCUT2D eigenvalue weighted by molar-refractivity contribution is 6.40. The second-order valence-corrected chi connectivity index (χ2v) is 7.45. The van der Waals surface area contributed by atoms with E-state index in [1.807, 2.05) is 19.3 Å². The van der Waals surface area contributed by atoms with Gasteiger partial charge in [0.05, 0.1) is 6.04 Å². The lowest BCUT2D eigenvalue weighted by Gasteiger charge is -2.21. The molecular formula is C23H27N3O6. The van der Waals surface area contributed by atoms with E-state index in [1.54, 1.807) is 60.7 Å². The Morgan fingerprint density at radius 2 is 1.38 bits per heavy atom. The molecule has 2 aromatic carbocycles. The maximum Gasteiger partial charge on any atom is 0.436 e. The Hall–Kier alpha value is -3.72. The van der Waals surface area contributed by atoms with Crippen LogP contribution in [0, 0.1) is 5.92 Å². The highest BCUT2D eigenvalue weighted by Gasteiger charge is 2.34. The maximum absolute atomic E-state index is 12.7. The van der Waals surface area contributed by atoms with Crippen molar-refractivity contribution in [3.8, 4) is 0 Å². The van der Waals surface area contributed by atoms with Crippen LogP contribution in [0.15, 0.2) is 60.7 Å². The van der Waals surface area contributed by atoms with E-state index in [1.165, 1.54) is 0 Å². The Morgan fingerprint density at radius 3 is 1.88 bits per heavy atom. The fourth-order valence-corrected chi connectivity index (χ4v) is 2.69. The Kier molecular flexibility index (Phi) is 9.37. The lowest BCUT2D eigenvalue weighted by molar-refractivity contribution is -0.146. The smallest absolute Gasteiger partial charge is 0.436 e. The molecule has 3 amide bonds. The van der Waals surface area contributed by atoms with E-state index >= 15 is 0 Å². The molecule has 0 saturated carbocycles. The predicted molar refractivity (Wildman–Crippen MR) is 116 cm³/mol. The van der Waals surface area contributed by atoms with E-state index in [0.29, 0.717) is 11.1 Å². The molecule has 2 aromatic rings. The minimum absolute atomic E-state index is 0.0454. The standard InChI is InChI=1S/C23H27N3O6/c1-16(2)13-19(24)20(27)21(28)26(23(30)32-15-18-11-7-4-8-12-18)25-22(29)31-14-17-9-5-3-6-10-17/h3-12,16,19H,13-15,24H2,1-2H3,(H,25,29)/t19-/m1/s1. The number of carbonyl (C=O) groups is 4. The number of hydrogen-bond acceptors (Lipinski definition) is 7. The second-order valence-electron chi connectivity index (χ2n) is 7.45. The summed E-state index contributed by atoms with van der Waals surface area (Å²) in [7, 11) is 0. The SMILES string of the molecule is CC(C)C[C@@H](N)C(=O)C(=O)N(NC(=O)OCc1ccccc1)C(=O)OCc1ccccc1. The first kappa shape index (κ1) is 24.5. The van der Waals surface area contributed by atoms with Crippen LogP contribution in [0.3, 0.4) is 0 Å². The molecule has 0 bridgehead atoms. The van der Waals surface area contributed by atoms with Gasteiger partial charge in [0.2, 0.25) is 5.78 Å². The lowest BCUT2D eigenvalue weighted by atomic mass is 10.0. The zero-order chi connectivity index (χ0) is 23.5. The average Bonchev–Trinajstić information content (AvgIpc) is 2.79. The molecule has 0 radical (unpaired) electrons. The third-order valence-corrected chi connectivity index (χ3v) is 4.28. The number of nitrogens with zero attached hydrogens (tertiary/aromatic N) is 1. The minimum Gasteiger partial charge on any atom is -0.443 e. The van der Waals surface area contributed by atoms with Crippen molar-refractivity contribution in [1.29, 1.82) is 0 Å². The summed E-state index contributed by atoms with van der Waals surface area (Å²) in [5.41, 5.74) is 9.13. The fourth-order valence-electron chi connectivity index (χ4n) is 2.69. The molecule has 0 aromatic heterocycles. The molecule has 0 heterocycles. The molecule has 1 atom stereocenters. The molecule has 0 unspecified atom stereocenters. The van der Waals surface area contributed by atoms with Gasteiger partial charge in [-0.15, -0.1) is 5.01 Å². The monoisotopic (exact) mass is 441 g/mol. The third kappa shape index (κ3) is 7.84. The zero-order valence-electron chi connectivity index (χ0n) is 18.0. The number of imide groups is 1. The van der Waals surface area contributed by atoms with Gasteiger partial charge in [-0.3, -0.25) is 9.59 Å². The number of nitrogens with one attached hydrogen (secondary N) is 1.